The number of hydrogen-bond acceptors (Lipinski definition) is 3. The van der Waals surface area contributed by atoms with Crippen LogP contribution >= 0.6 is 15.9 Å². The number of carbonyl (C=O) groups is 1. The van der Waals surface area contributed by atoms with Gasteiger partial charge in [0.15, 0.2) is 0 Å². The van der Waals surface area contributed by atoms with Crippen LogP contribution in [0, 0.1) is 0 Å². The molecule has 0 saturated carbocycles. The first-order valence-electron chi connectivity index (χ1n) is 3.73. The summed E-state index contributed by atoms with van der Waals surface area (Å²) in [6, 6.07) is 0. The second kappa shape index (κ2) is 2.45. The molecule has 2 heterocycles. The van der Waals surface area contributed by atoms with E-state index < -0.39 is 5.79 Å². The van der Waals surface area contributed by atoms with Gasteiger partial charge >= 0.3 is 5.97 Å². The standard InChI is InChI=1S/C7H9BrO3/c8-5-4-7(11-6(5)9)2-1-3-10-7/h5H,1-4H2. The van der Waals surface area contributed by atoms with Crippen LogP contribution in [0.1, 0.15) is 19.3 Å². The Balaban J connectivity index is 2.12. The Morgan fingerprint density at radius 3 is 2.91 bits per heavy atom. The zero-order valence-electron chi connectivity index (χ0n) is 6.01. The Kier molecular flexibility index (Phi) is 1.68. The summed E-state index contributed by atoms with van der Waals surface area (Å²) in [6.45, 7) is 0.715. The molecule has 11 heavy (non-hydrogen) atoms. The van der Waals surface area contributed by atoms with E-state index in [-0.39, 0.29) is 10.8 Å². The molecule has 0 aromatic heterocycles. The maximum atomic E-state index is 11.0. The van der Waals surface area contributed by atoms with E-state index in [4.69, 9.17) is 9.47 Å². The van der Waals surface area contributed by atoms with Crippen LogP contribution < -0.4 is 0 Å². The Hall–Kier alpha value is -0.0900. The topological polar surface area (TPSA) is 35.5 Å². The minimum atomic E-state index is -0.564. The Morgan fingerprint density at radius 2 is 2.45 bits per heavy atom. The van der Waals surface area contributed by atoms with E-state index in [1.807, 2.05) is 0 Å². The smallest absolute Gasteiger partial charge is 0.322 e. The predicted molar refractivity (Wildman–Crippen MR) is 41.3 cm³/mol. The molecule has 4 heteroatoms. The van der Waals surface area contributed by atoms with Crippen molar-refractivity contribution in [1.29, 1.82) is 0 Å². The van der Waals surface area contributed by atoms with Gasteiger partial charge in [0.1, 0.15) is 4.83 Å². The molecule has 0 amide bonds. The summed E-state index contributed by atoms with van der Waals surface area (Å²) in [5, 5.41) is 0. The first-order valence-corrected chi connectivity index (χ1v) is 4.64. The van der Waals surface area contributed by atoms with Gasteiger partial charge in [0.05, 0.1) is 6.61 Å². The molecule has 2 aliphatic heterocycles. The van der Waals surface area contributed by atoms with Crippen LogP contribution in [0.2, 0.25) is 0 Å². The number of carbonyl (C=O) groups excluding carboxylic acids is 1. The fourth-order valence-electron chi connectivity index (χ4n) is 1.56. The molecule has 2 aliphatic rings. The molecule has 3 nitrogen and oxygen atoms in total. The van der Waals surface area contributed by atoms with Gasteiger partial charge in [0.2, 0.25) is 5.79 Å². The summed E-state index contributed by atoms with van der Waals surface area (Å²) >= 11 is 3.23. The number of ether oxygens (including phenoxy) is 2. The summed E-state index contributed by atoms with van der Waals surface area (Å²) in [5.41, 5.74) is 0. The molecule has 0 bridgehead atoms. The zero-order chi connectivity index (χ0) is 7.90. The highest BCUT2D eigenvalue weighted by Crippen LogP contribution is 2.39. The van der Waals surface area contributed by atoms with Crippen LogP contribution in [0.25, 0.3) is 0 Å². The highest BCUT2D eigenvalue weighted by molar-refractivity contribution is 9.10. The van der Waals surface area contributed by atoms with Crippen LogP contribution in [0.5, 0.6) is 0 Å². The molecular weight excluding hydrogens is 212 g/mol. The van der Waals surface area contributed by atoms with Gasteiger partial charge in [-0.15, -0.1) is 0 Å². The van der Waals surface area contributed by atoms with Crippen molar-refractivity contribution in [2.24, 2.45) is 0 Å². The van der Waals surface area contributed by atoms with Crippen LogP contribution in [0.3, 0.4) is 0 Å². The van der Waals surface area contributed by atoms with Crippen molar-refractivity contribution in [3.05, 3.63) is 0 Å². The van der Waals surface area contributed by atoms with E-state index in [9.17, 15) is 4.79 Å². The van der Waals surface area contributed by atoms with Gasteiger partial charge in [0.25, 0.3) is 0 Å². The average molecular weight is 221 g/mol. The van der Waals surface area contributed by atoms with E-state index >= 15 is 0 Å². The minimum absolute atomic E-state index is 0.166. The Labute approximate surface area is 73.2 Å². The van der Waals surface area contributed by atoms with Gasteiger partial charge in [-0.25, -0.2) is 0 Å². The van der Waals surface area contributed by atoms with Gasteiger partial charge in [-0.3, -0.25) is 4.79 Å². The lowest BCUT2D eigenvalue weighted by Gasteiger charge is -2.19. The zero-order valence-corrected chi connectivity index (χ0v) is 7.59. The molecule has 0 aromatic carbocycles. The highest BCUT2D eigenvalue weighted by Gasteiger charge is 2.48. The maximum Gasteiger partial charge on any atom is 0.322 e. The van der Waals surface area contributed by atoms with Crippen molar-refractivity contribution in [2.75, 3.05) is 6.61 Å². The summed E-state index contributed by atoms with van der Waals surface area (Å²) in [4.78, 5) is 10.8. The molecule has 1 spiro atoms. The lowest BCUT2D eigenvalue weighted by atomic mass is 10.1. The average Bonchev–Trinajstić information content (AvgIpc) is 2.46. The summed E-state index contributed by atoms with van der Waals surface area (Å²) in [7, 11) is 0. The molecule has 0 N–H and O–H groups in total. The quantitative estimate of drug-likeness (QED) is 0.455. The van der Waals surface area contributed by atoms with Gasteiger partial charge in [-0.2, -0.15) is 0 Å². The van der Waals surface area contributed by atoms with Crippen molar-refractivity contribution in [3.8, 4) is 0 Å². The molecule has 0 aromatic rings. The normalized spacial score (nSPS) is 43.4. The van der Waals surface area contributed by atoms with Gasteiger partial charge in [0, 0.05) is 12.8 Å². The van der Waals surface area contributed by atoms with Crippen molar-refractivity contribution >= 4 is 21.9 Å². The third-order valence-electron chi connectivity index (χ3n) is 2.10. The fraction of sp³-hybridized carbons (Fsp3) is 0.857. The van der Waals surface area contributed by atoms with Gasteiger partial charge in [-0.1, -0.05) is 15.9 Å². The number of alkyl halides is 1. The highest BCUT2D eigenvalue weighted by atomic mass is 79.9. The first-order chi connectivity index (χ1) is 5.22. The molecule has 2 atom stereocenters. The largest absolute Gasteiger partial charge is 0.432 e. The van der Waals surface area contributed by atoms with E-state index in [0.29, 0.717) is 13.0 Å². The molecule has 0 aliphatic carbocycles. The minimum Gasteiger partial charge on any atom is -0.432 e. The number of rotatable bonds is 0. The fourth-order valence-corrected chi connectivity index (χ4v) is 2.15. The van der Waals surface area contributed by atoms with Gasteiger partial charge in [-0.05, 0) is 6.42 Å². The van der Waals surface area contributed by atoms with Crippen molar-refractivity contribution in [1.82, 2.24) is 0 Å². The van der Waals surface area contributed by atoms with Gasteiger partial charge < -0.3 is 9.47 Å². The van der Waals surface area contributed by atoms with E-state index in [1.54, 1.807) is 0 Å². The van der Waals surface area contributed by atoms with Crippen molar-refractivity contribution in [2.45, 2.75) is 29.9 Å². The molecule has 2 saturated heterocycles. The van der Waals surface area contributed by atoms with Crippen LogP contribution in [0.4, 0.5) is 0 Å². The van der Waals surface area contributed by atoms with Crippen LogP contribution in [-0.2, 0) is 14.3 Å². The van der Waals surface area contributed by atoms with E-state index in [1.165, 1.54) is 0 Å². The maximum absolute atomic E-state index is 11.0. The van der Waals surface area contributed by atoms with Crippen molar-refractivity contribution in [3.63, 3.8) is 0 Å². The lowest BCUT2D eigenvalue weighted by Crippen LogP contribution is -2.26. The predicted octanol–water partition coefficient (Wildman–Crippen LogP) is 1.20. The third kappa shape index (κ3) is 1.18. The molecular formula is C7H9BrO3. The number of esters is 1. The number of halogens is 1. The van der Waals surface area contributed by atoms with E-state index in [2.05, 4.69) is 15.9 Å². The lowest BCUT2D eigenvalue weighted by molar-refractivity contribution is -0.192. The Morgan fingerprint density at radius 1 is 1.64 bits per heavy atom. The third-order valence-corrected chi connectivity index (χ3v) is 2.80. The first kappa shape index (κ1) is 7.55. The second-order valence-corrected chi connectivity index (χ2v) is 4.06. The Bertz CT molecular complexity index is 186. The summed E-state index contributed by atoms with van der Waals surface area (Å²) in [6.07, 6.45) is 2.50. The van der Waals surface area contributed by atoms with E-state index in [0.717, 1.165) is 12.8 Å². The molecule has 2 fully saturated rings. The van der Waals surface area contributed by atoms with Crippen LogP contribution in [-0.4, -0.2) is 23.2 Å². The SMILES string of the molecule is O=C1OC2(CCCO2)CC1Br. The summed E-state index contributed by atoms with van der Waals surface area (Å²) in [5.74, 6) is -0.752. The molecule has 2 unspecified atom stereocenters. The molecule has 0 radical (unpaired) electrons. The second-order valence-electron chi connectivity index (χ2n) is 2.96. The number of hydrogen-bond donors (Lipinski definition) is 0. The van der Waals surface area contributed by atoms with Crippen molar-refractivity contribution < 1.29 is 14.3 Å². The monoisotopic (exact) mass is 220 g/mol. The van der Waals surface area contributed by atoms with Crippen LogP contribution in [0.15, 0.2) is 0 Å². The molecule has 62 valence electrons. The summed E-state index contributed by atoms with van der Waals surface area (Å²) < 4.78 is 10.5. The molecule has 2 rings (SSSR count).